The Bertz CT molecular complexity index is 1180. The SMILES string of the molecule is N#Cc1ccc(OCC2(CNC(=O)CN)CN(S(=O)(=O)c3ccc(Cl)cc3Cl)C2)cc1F. The number of hydrogen-bond acceptors (Lipinski definition) is 6. The second-order valence-corrected chi connectivity index (χ2v) is 10.1. The van der Waals surface area contributed by atoms with E-state index in [9.17, 15) is 17.6 Å². The van der Waals surface area contributed by atoms with Crippen molar-refractivity contribution < 1.29 is 22.3 Å². The molecule has 0 bridgehead atoms. The Hall–Kier alpha value is -2.42. The molecular formula is C20H19Cl2FN4O4S. The Labute approximate surface area is 194 Å². The predicted octanol–water partition coefficient (Wildman–Crippen LogP) is 2.15. The number of rotatable bonds is 8. The molecule has 2 aromatic rings. The second kappa shape index (κ2) is 9.60. The first-order chi connectivity index (χ1) is 15.1. The molecule has 0 saturated carbocycles. The van der Waals surface area contributed by atoms with E-state index in [0.717, 1.165) is 6.07 Å². The molecule has 0 aliphatic carbocycles. The summed E-state index contributed by atoms with van der Waals surface area (Å²) in [7, 11) is -3.91. The fourth-order valence-electron chi connectivity index (χ4n) is 3.22. The third kappa shape index (κ3) is 5.14. The lowest BCUT2D eigenvalue weighted by atomic mass is 9.82. The fraction of sp³-hybridized carbons (Fsp3) is 0.300. The molecule has 8 nitrogen and oxygen atoms in total. The van der Waals surface area contributed by atoms with Crippen LogP contribution in [-0.4, -0.2) is 51.4 Å². The Kier molecular flexibility index (Phi) is 7.27. The van der Waals surface area contributed by atoms with E-state index in [0.29, 0.717) is 5.02 Å². The predicted molar refractivity (Wildman–Crippen MR) is 116 cm³/mol. The average molecular weight is 501 g/mol. The van der Waals surface area contributed by atoms with Crippen molar-refractivity contribution in [1.29, 1.82) is 5.26 Å². The van der Waals surface area contributed by atoms with E-state index in [2.05, 4.69) is 5.32 Å². The summed E-state index contributed by atoms with van der Waals surface area (Å²) in [5.41, 5.74) is 4.43. The summed E-state index contributed by atoms with van der Waals surface area (Å²) in [5, 5.41) is 11.8. The maximum Gasteiger partial charge on any atom is 0.244 e. The van der Waals surface area contributed by atoms with Crippen molar-refractivity contribution in [3.05, 3.63) is 57.8 Å². The second-order valence-electron chi connectivity index (χ2n) is 7.37. The number of nitrogens with one attached hydrogen (secondary N) is 1. The highest BCUT2D eigenvalue weighted by Gasteiger charge is 2.49. The average Bonchev–Trinajstić information content (AvgIpc) is 2.72. The largest absolute Gasteiger partial charge is 0.493 e. The molecule has 3 N–H and O–H groups in total. The van der Waals surface area contributed by atoms with Crippen LogP contribution in [-0.2, 0) is 14.8 Å². The molecule has 0 aromatic heterocycles. The van der Waals surface area contributed by atoms with Crippen LogP contribution in [0.15, 0.2) is 41.3 Å². The molecular weight excluding hydrogens is 482 g/mol. The zero-order valence-electron chi connectivity index (χ0n) is 16.6. The van der Waals surface area contributed by atoms with Gasteiger partial charge >= 0.3 is 0 Å². The Morgan fingerprint density at radius 1 is 1.28 bits per heavy atom. The van der Waals surface area contributed by atoms with Crippen LogP contribution in [0.5, 0.6) is 5.75 Å². The molecule has 1 fully saturated rings. The Balaban J connectivity index is 1.76. The zero-order valence-corrected chi connectivity index (χ0v) is 19.0. The standard InChI is InChI=1S/C20H19Cl2FN4O4S/c21-14-2-4-18(16(22)5-14)32(29,30)27-10-20(11-27,9-26-19(28)8-25)12-31-15-3-1-13(7-24)17(23)6-15/h1-6H,8-12,25H2,(H,26,28). The van der Waals surface area contributed by atoms with Gasteiger partial charge < -0.3 is 15.8 Å². The highest BCUT2D eigenvalue weighted by Crippen LogP contribution is 2.37. The van der Waals surface area contributed by atoms with E-state index in [4.69, 9.17) is 38.9 Å². The first-order valence-corrected chi connectivity index (χ1v) is 11.5. The third-order valence-electron chi connectivity index (χ3n) is 4.99. The number of carbonyl (C=O) groups is 1. The molecule has 0 spiro atoms. The van der Waals surface area contributed by atoms with Crippen LogP contribution >= 0.6 is 23.2 Å². The van der Waals surface area contributed by atoms with Crippen LogP contribution in [0.25, 0.3) is 0 Å². The number of hydrogen-bond donors (Lipinski definition) is 2. The summed E-state index contributed by atoms with van der Waals surface area (Å²) in [5.74, 6) is -0.963. The fourth-order valence-corrected chi connectivity index (χ4v) is 5.63. The minimum absolute atomic E-state index is 0.00394. The van der Waals surface area contributed by atoms with Crippen molar-refractivity contribution in [2.24, 2.45) is 11.1 Å². The molecule has 3 rings (SSSR count). The van der Waals surface area contributed by atoms with Gasteiger partial charge in [0.1, 0.15) is 22.5 Å². The molecule has 2 aromatic carbocycles. The smallest absolute Gasteiger partial charge is 0.244 e. The number of nitrogens with zero attached hydrogens (tertiary/aromatic N) is 2. The minimum Gasteiger partial charge on any atom is -0.493 e. The van der Waals surface area contributed by atoms with Crippen LogP contribution in [0.4, 0.5) is 4.39 Å². The summed E-state index contributed by atoms with van der Waals surface area (Å²) in [6.07, 6.45) is 0. The summed E-state index contributed by atoms with van der Waals surface area (Å²) in [6.45, 7) is -0.0817. The van der Waals surface area contributed by atoms with Gasteiger partial charge in [0, 0.05) is 36.1 Å². The topological polar surface area (TPSA) is 126 Å². The van der Waals surface area contributed by atoms with Crippen molar-refractivity contribution >= 4 is 39.1 Å². The molecule has 0 radical (unpaired) electrons. The summed E-state index contributed by atoms with van der Waals surface area (Å²) < 4.78 is 46.7. The van der Waals surface area contributed by atoms with Gasteiger partial charge in [0.05, 0.1) is 23.7 Å². The van der Waals surface area contributed by atoms with Crippen LogP contribution in [0.2, 0.25) is 10.0 Å². The number of nitrogens with two attached hydrogens (primary N) is 1. The van der Waals surface area contributed by atoms with E-state index in [1.54, 1.807) is 6.07 Å². The zero-order chi connectivity index (χ0) is 23.5. The molecule has 1 amide bonds. The van der Waals surface area contributed by atoms with E-state index in [-0.39, 0.29) is 54.0 Å². The number of amides is 1. The van der Waals surface area contributed by atoms with Gasteiger partial charge in [0.15, 0.2) is 0 Å². The van der Waals surface area contributed by atoms with Gasteiger partial charge in [-0.15, -0.1) is 0 Å². The lowest BCUT2D eigenvalue weighted by Gasteiger charge is -2.48. The Morgan fingerprint density at radius 3 is 2.59 bits per heavy atom. The third-order valence-corrected chi connectivity index (χ3v) is 7.50. The normalized spacial score (nSPS) is 15.5. The molecule has 1 aliphatic rings. The van der Waals surface area contributed by atoms with E-state index >= 15 is 0 Å². The van der Waals surface area contributed by atoms with Gasteiger partial charge in [-0.3, -0.25) is 4.79 Å². The van der Waals surface area contributed by atoms with Crippen LogP contribution in [0.1, 0.15) is 5.56 Å². The molecule has 1 heterocycles. The molecule has 32 heavy (non-hydrogen) atoms. The highest BCUT2D eigenvalue weighted by atomic mass is 35.5. The number of nitriles is 1. The lowest BCUT2D eigenvalue weighted by molar-refractivity contribution is -0.121. The minimum atomic E-state index is -3.91. The molecule has 1 saturated heterocycles. The maximum absolute atomic E-state index is 13.9. The molecule has 0 unspecified atom stereocenters. The van der Waals surface area contributed by atoms with Crippen molar-refractivity contribution in [3.8, 4) is 11.8 Å². The van der Waals surface area contributed by atoms with Crippen LogP contribution < -0.4 is 15.8 Å². The number of sulfonamides is 1. The van der Waals surface area contributed by atoms with E-state index in [1.165, 1.54) is 34.6 Å². The van der Waals surface area contributed by atoms with Crippen LogP contribution in [0.3, 0.4) is 0 Å². The lowest BCUT2D eigenvalue weighted by Crippen LogP contribution is -2.65. The maximum atomic E-state index is 13.9. The highest BCUT2D eigenvalue weighted by molar-refractivity contribution is 7.89. The Morgan fingerprint density at radius 2 is 2.00 bits per heavy atom. The number of ether oxygens (including phenoxy) is 1. The van der Waals surface area contributed by atoms with Gasteiger partial charge in [0.25, 0.3) is 0 Å². The molecule has 12 heteroatoms. The molecule has 1 aliphatic heterocycles. The number of carbonyl (C=O) groups excluding carboxylic acids is 1. The van der Waals surface area contributed by atoms with Crippen molar-refractivity contribution in [3.63, 3.8) is 0 Å². The van der Waals surface area contributed by atoms with E-state index in [1.807, 2.05) is 0 Å². The molecule has 0 atom stereocenters. The van der Waals surface area contributed by atoms with Gasteiger partial charge in [-0.1, -0.05) is 23.2 Å². The summed E-state index contributed by atoms with van der Waals surface area (Å²) >= 11 is 11.9. The van der Waals surface area contributed by atoms with Gasteiger partial charge in [-0.2, -0.15) is 9.57 Å². The van der Waals surface area contributed by atoms with Crippen LogP contribution in [0, 0.1) is 22.6 Å². The van der Waals surface area contributed by atoms with E-state index < -0.39 is 27.2 Å². The summed E-state index contributed by atoms with van der Waals surface area (Å²) in [6, 6.07) is 9.61. The van der Waals surface area contributed by atoms with Crippen molar-refractivity contribution in [2.45, 2.75) is 4.90 Å². The van der Waals surface area contributed by atoms with Gasteiger partial charge in [-0.05, 0) is 30.3 Å². The number of benzene rings is 2. The van der Waals surface area contributed by atoms with Crippen molar-refractivity contribution in [2.75, 3.05) is 32.8 Å². The summed E-state index contributed by atoms with van der Waals surface area (Å²) in [4.78, 5) is 11.6. The first kappa shape index (κ1) is 24.2. The van der Waals surface area contributed by atoms with Gasteiger partial charge in [-0.25, -0.2) is 12.8 Å². The number of halogens is 3. The quantitative estimate of drug-likeness (QED) is 0.571. The van der Waals surface area contributed by atoms with Gasteiger partial charge in [0.2, 0.25) is 15.9 Å². The first-order valence-electron chi connectivity index (χ1n) is 9.35. The van der Waals surface area contributed by atoms with Crippen molar-refractivity contribution in [1.82, 2.24) is 9.62 Å². The monoisotopic (exact) mass is 500 g/mol. The molecule has 170 valence electrons.